The number of hydrazine groups is 1. The lowest BCUT2D eigenvalue weighted by molar-refractivity contribution is 0.314. The van der Waals surface area contributed by atoms with Crippen molar-refractivity contribution in [1.82, 2.24) is 14.9 Å². The Balaban J connectivity index is 1.73. The standard InChI is InChI=1S/C10H18N6S/c11-15-10-13-2-1-9(14-10)12-3-4-16-5-7-17-8-6-16/h1-2H,3-8,11H2,(H2,12,13,14,15). The third kappa shape index (κ3) is 4.03. The second-order valence-electron chi connectivity index (χ2n) is 3.79. The van der Waals surface area contributed by atoms with Gasteiger partial charge in [-0.05, 0) is 6.07 Å². The Bertz CT molecular complexity index is 341. The predicted molar refractivity (Wildman–Crippen MR) is 72.1 cm³/mol. The molecule has 1 aliphatic rings. The molecule has 1 aromatic heterocycles. The van der Waals surface area contributed by atoms with Crippen LogP contribution >= 0.6 is 11.8 Å². The van der Waals surface area contributed by atoms with Gasteiger partial charge in [-0.3, -0.25) is 10.3 Å². The van der Waals surface area contributed by atoms with E-state index < -0.39 is 0 Å². The third-order valence-corrected chi connectivity index (χ3v) is 3.57. The molecule has 1 fully saturated rings. The van der Waals surface area contributed by atoms with Crippen molar-refractivity contribution < 1.29 is 0 Å². The summed E-state index contributed by atoms with van der Waals surface area (Å²) in [4.78, 5) is 10.6. The molecular formula is C10H18N6S. The fourth-order valence-electron chi connectivity index (χ4n) is 1.69. The highest BCUT2D eigenvalue weighted by Crippen LogP contribution is 2.09. The Kier molecular flexibility index (Phi) is 4.84. The summed E-state index contributed by atoms with van der Waals surface area (Å²) in [7, 11) is 0. The molecule has 1 aromatic rings. The van der Waals surface area contributed by atoms with E-state index in [0.29, 0.717) is 5.95 Å². The number of hydrogen-bond donors (Lipinski definition) is 3. The lowest BCUT2D eigenvalue weighted by Crippen LogP contribution is -2.36. The summed E-state index contributed by atoms with van der Waals surface area (Å²) < 4.78 is 0. The van der Waals surface area contributed by atoms with Crippen LogP contribution in [0.4, 0.5) is 11.8 Å². The molecule has 0 spiro atoms. The van der Waals surface area contributed by atoms with Gasteiger partial charge in [0.25, 0.3) is 0 Å². The van der Waals surface area contributed by atoms with Gasteiger partial charge in [-0.15, -0.1) is 0 Å². The van der Waals surface area contributed by atoms with E-state index in [4.69, 9.17) is 5.84 Å². The van der Waals surface area contributed by atoms with Crippen molar-refractivity contribution >= 4 is 23.5 Å². The number of rotatable bonds is 5. The van der Waals surface area contributed by atoms with Crippen LogP contribution in [-0.4, -0.2) is 52.6 Å². The molecule has 6 nitrogen and oxygen atoms in total. The summed E-state index contributed by atoms with van der Waals surface area (Å²) >= 11 is 2.03. The van der Waals surface area contributed by atoms with Gasteiger partial charge >= 0.3 is 0 Å². The summed E-state index contributed by atoms with van der Waals surface area (Å²) in [6.07, 6.45) is 1.68. The van der Waals surface area contributed by atoms with Crippen LogP contribution in [-0.2, 0) is 0 Å². The van der Waals surface area contributed by atoms with Gasteiger partial charge in [0.2, 0.25) is 5.95 Å². The van der Waals surface area contributed by atoms with Gasteiger partial charge in [-0.1, -0.05) is 0 Å². The zero-order valence-corrected chi connectivity index (χ0v) is 10.5. The monoisotopic (exact) mass is 254 g/mol. The largest absolute Gasteiger partial charge is 0.369 e. The predicted octanol–water partition coefficient (Wildman–Crippen LogP) is 0.223. The van der Waals surface area contributed by atoms with Gasteiger partial charge in [0.05, 0.1) is 0 Å². The first-order valence-electron chi connectivity index (χ1n) is 5.72. The molecule has 0 aliphatic carbocycles. The van der Waals surface area contributed by atoms with Crippen LogP contribution in [0.25, 0.3) is 0 Å². The molecule has 1 saturated heterocycles. The Hall–Kier alpha value is -1.05. The van der Waals surface area contributed by atoms with E-state index >= 15 is 0 Å². The Morgan fingerprint density at radius 3 is 3.00 bits per heavy atom. The molecular weight excluding hydrogens is 236 g/mol. The van der Waals surface area contributed by atoms with Crippen LogP contribution in [0.15, 0.2) is 12.3 Å². The lowest BCUT2D eigenvalue weighted by atomic mass is 10.4. The molecule has 0 bridgehead atoms. The topological polar surface area (TPSA) is 79.1 Å². The Morgan fingerprint density at radius 2 is 2.24 bits per heavy atom. The van der Waals surface area contributed by atoms with Gasteiger partial charge in [-0.2, -0.15) is 16.7 Å². The number of nitrogens with two attached hydrogens (primary N) is 1. The Labute approximate surface area is 105 Å². The number of hydrogen-bond acceptors (Lipinski definition) is 7. The van der Waals surface area contributed by atoms with E-state index in [9.17, 15) is 0 Å². The van der Waals surface area contributed by atoms with E-state index in [1.807, 2.05) is 17.8 Å². The molecule has 0 unspecified atom stereocenters. The van der Waals surface area contributed by atoms with E-state index in [2.05, 4.69) is 25.6 Å². The van der Waals surface area contributed by atoms with Crippen LogP contribution in [0.2, 0.25) is 0 Å². The summed E-state index contributed by atoms with van der Waals surface area (Å²) in [5.41, 5.74) is 2.43. The first-order valence-corrected chi connectivity index (χ1v) is 6.87. The minimum absolute atomic E-state index is 0.435. The van der Waals surface area contributed by atoms with Crippen molar-refractivity contribution in [3.63, 3.8) is 0 Å². The van der Waals surface area contributed by atoms with Crippen molar-refractivity contribution in [3.8, 4) is 0 Å². The van der Waals surface area contributed by atoms with Gasteiger partial charge < -0.3 is 5.32 Å². The van der Waals surface area contributed by atoms with Crippen LogP contribution in [0.3, 0.4) is 0 Å². The maximum atomic E-state index is 5.25. The van der Waals surface area contributed by atoms with E-state index in [-0.39, 0.29) is 0 Å². The number of anilines is 2. The van der Waals surface area contributed by atoms with Crippen LogP contribution < -0.4 is 16.6 Å². The lowest BCUT2D eigenvalue weighted by Gasteiger charge is -2.26. The highest BCUT2D eigenvalue weighted by Gasteiger charge is 2.09. The maximum Gasteiger partial charge on any atom is 0.239 e. The third-order valence-electron chi connectivity index (χ3n) is 2.62. The molecule has 2 rings (SSSR count). The quantitative estimate of drug-likeness (QED) is 0.512. The van der Waals surface area contributed by atoms with Gasteiger partial charge in [0.15, 0.2) is 0 Å². The molecule has 17 heavy (non-hydrogen) atoms. The Morgan fingerprint density at radius 1 is 1.41 bits per heavy atom. The average Bonchev–Trinajstić information content (AvgIpc) is 2.40. The molecule has 4 N–H and O–H groups in total. The second kappa shape index (κ2) is 6.63. The molecule has 0 saturated carbocycles. The van der Waals surface area contributed by atoms with Crippen molar-refractivity contribution in [2.45, 2.75) is 0 Å². The number of nitrogens with one attached hydrogen (secondary N) is 2. The van der Waals surface area contributed by atoms with Crippen molar-refractivity contribution in [1.29, 1.82) is 0 Å². The molecule has 0 radical (unpaired) electrons. The molecule has 7 heteroatoms. The second-order valence-corrected chi connectivity index (χ2v) is 5.02. The van der Waals surface area contributed by atoms with E-state index in [1.165, 1.54) is 24.6 Å². The average molecular weight is 254 g/mol. The normalized spacial score (nSPS) is 16.8. The van der Waals surface area contributed by atoms with Crippen molar-refractivity contribution in [2.24, 2.45) is 5.84 Å². The van der Waals surface area contributed by atoms with E-state index in [1.54, 1.807) is 6.20 Å². The minimum Gasteiger partial charge on any atom is -0.369 e. The SMILES string of the molecule is NNc1nccc(NCCN2CCSCC2)n1. The van der Waals surface area contributed by atoms with Crippen molar-refractivity contribution in [3.05, 3.63) is 12.3 Å². The summed E-state index contributed by atoms with van der Waals surface area (Å²) in [6.45, 7) is 4.32. The van der Waals surface area contributed by atoms with Gasteiger partial charge in [0.1, 0.15) is 5.82 Å². The highest BCUT2D eigenvalue weighted by molar-refractivity contribution is 7.99. The van der Waals surface area contributed by atoms with Gasteiger partial charge in [0, 0.05) is 43.9 Å². The fraction of sp³-hybridized carbons (Fsp3) is 0.600. The van der Waals surface area contributed by atoms with Crippen LogP contribution in [0.1, 0.15) is 0 Å². The molecule has 2 heterocycles. The fourth-order valence-corrected chi connectivity index (χ4v) is 2.67. The molecule has 0 amide bonds. The van der Waals surface area contributed by atoms with Crippen LogP contribution in [0.5, 0.6) is 0 Å². The smallest absolute Gasteiger partial charge is 0.239 e. The first-order chi connectivity index (χ1) is 8.38. The highest BCUT2D eigenvalue weighted by atomic mass is 32.2. The number of nitrogens with zero attached hydrogens (tertiary/aromatic N) is 3. The zero-order valence-electron chi connectivity index (χ0n) is 9.72. The zero-order chi connectivity index (χ0) is 11.9. The van der Waals surface area contributed by atoms with E-state index in [0.717, 1.165) is 18.9 Å². The molecule has 0 aromatic carbocycles. The van der Waals surface area contributed by atoms with Gasteiger partial charge in [-0.25, -0.2) is 10.8 Å². The number of thioether (sulfide) groups is 1. The number of nitrogen functional groups attached to an aromatic ring is 1. The number of aromatic nitrogens is 2. The summed E-state index contributed by atoms with van der Waals surface area (Å²) in [6, 6.07) is 1.84. The maximum absolute atomic E-state index is 5.25. The first kappa shape index (κ1) is 12.4. The summed E-state index contributed by atoms with van der Waals surface area (Å²) in [5, 5.41) is 3.27. The van der Waals surface area contributed by atoms with Crippen LogP contribution in [0, 0.1) is 0 Å². The molecule has 0 atom stereocenters. The molecule has 1 aliphatic heterocycles. The molecule has 94 valence electrons. The minimum atomic E-state index is 0.435. The summed E-state index contributed by atoms with van der Waals surface area (Å²) in [5.74, 6) is 8.98. The van der Waals surface area contributed by atoms with Crippen molar-refractivity contribution in [2.75, 3.05) is 48.4 Å².